The lowest BCUT2D eigenvalue weighted by Gasteiger charge is -2.14. The van der Waals surface area contributed by atoms with Crippen molar-refractivity contribution in [1.29, 1.82) is 0 Å². The number of benzene rings is 1. The molecule has 1 unspecified atom stereocenters. The van der Waals surface area contributed by atoms with Crippen molar-refractivity contribution in [3.63, 3.8) is 0 Å². The molecule has 0 saturated carbocycles. The lowest BCUT2D eigenvalue weighted by atomic mass is 9.94. The second-order valence-corrected chi connectivity index (χ2v) is 6.36. The van der Waals surface area contributed by atoms with Gasteiger partial charge in [0, 0.05) is 12.8 Å². The number of Topliss-reactive ketones (excluding diaryl/α,β-unsaturated/α-hetero) is 1. The number of carbonyl (C=O) groups is 1. The number of carbonyl (C=O) groups excluding carboxylic acids is 1. The van der Waals surface area contributed by atoms with Gasteiger partial charge in [0.1, 0.15) is 6.10 Å². The summed E-state index contributed by atoms with van der Waals surface area (Å²) in [6, 6.07) is 4.84. The fraction of sp³-hybridized carbons (Fsp3) is 0.526. The van der Waals surface area contributed by atoms with Crippen molar-refractivity contribution in [2.24, 2.45) is 5.92 Å². The van der Waals surface area contributed by atoms with E-state index in [2.05, 4.69) is 19.9 Å². The summed E-state index contributed by atoms with van der Waals surface area (Å²) in [7, 11) is 1.47. The van der Waals surface area contributed by atoms with Gasteiger partial charge in [-0.2, -0.15) is 0 Å². The molecule has 0 radical (unpaired) electrons. The zero-order valence-electron chi connectivity index (χ0n) is 14.5. The molecular formula is C19H28O4. The van der Waals surface area contributed by atoms with Crippen LogP contribution >= 0.6 is 0 Å². The number of aliphatic hydroxyl groups excluding tert-OH is 1. The molecular weight excluding hydrogens is 292 g/mol. The van der Waals surface area contributed by atoms with Crippen LogP contribution in [-0.4, -0.2) is 29.2 Å². The van der Waals surface area contributed by atoms with E-state index in [0.29, 0.717) is 12.2 Å². The first-order chi connectivity index (χ1) is 10.8. The average molecular weight is 320 g/mol. The first kappa shape index (κ1) is 19.2. The van der Waals surface area contributed by atoms with Gasteiger partial charge in [-0.1, -0.05) is 24.6 Å². The molecule has 0 aliphatic carbocycles. The summed E-state index contributed by atoms with van der Waals surface area (Å²) >= 11 is 0. The van der Waals surface area contributed by atoms with Crippen molar-refractivity contribution < 1.29 is 19.7 Å². The molecule has 0 heterocycles. The quantitative estimate of drug-likeness (QED) is 0.682. The van der Waals surface area contributed by atoms with Gasteiger partial charge in [0.2, 0.25) is 0 Å². The first-order valence-electron chi connectivity index (χ1n) is 8.03. The monoisotopic (exact) mass is 320 g/mol. The van der Waals surface area contributed by atoms with Crippen molar-refractivity contribution in [3.05, 3.63) is 35.4 Å². The van der Waals surface area contributed by atoms with E-state index in [1.165, 1.54) is 18.7 Å². The van der Waals surface area contributed by atoms with E-state index in [9.17, 15) is 15.0 Å². The maximum absolute atomic E-state index is 12.1. The molecule has 0 amide bonds. The lowest BCUT2D eigenvalue weighted by molar-refractivity contribution is -0.127. The van der Waals surface area contributed by atoms with E-state index in [1.807, 2.05) is 6.92 Å². The number of hydrogen-bond donors (Lipinski definition) is 2. The molecule has 0 saturated heterocycles. The van der Waals surface area contributed by atoms with Gasteiger partial charge in [-0.3, -0.25) is 4.79 Å². The summed E-state index contributed by atoms with van der Waals surface area (Å²) in [6.45, 7) is 6.16. The van der Waals surface area contributed by atoms with Gasteiger partial charge in [0.05, 0.1) is 7.11 Å². The van der Waals surface area contributed by atoms with Crippen molar-refractivity contribution in [1.82, 2.24) is 0 Å². The predicted molar refractivity (Wildman–Crippen MR) is 91.8 cm³/mol. The van der Waals surface area contributed by atoms with Crippen molar-refractivity contribution in [2.45, 2.75) is 52.6 Å². The van der Waals surface area contributed by atoms with Crippen LogP contribution in [0.1, 0.15) is 45.6 Å². The number of aromatic hydroxyl groups is 1. The molecule has 1 rings (SSSR count). The van der Waals surface area contributed by atoms with Crippen LogP contribution in [0.3, 0.4) is 0 Å². The Balaban J connectivity index is 2.52. The standard InChI is InChI=1S/C19H28O4/c1-13(2)6-5-7-14(3)10-17(21)18(22)11-15-8-9-16(20)19(12-15)23-4/h6,8-9,12,14,18,20,22H,5,7,10-11H2,1-4H3/t14-,18?/m1/s1. The first-order valence-corrected chi connectivity index (χ1v) is 8.03. The normalized spacial score (nSPS) is 13.3. The maximum atomic E-state index is 12.1. The highest BCUT2D eigenvalue weighted by molar-refractivity contribution is 5.83. The molecule has 1 aromatic carbocycles. The van der Waals surface area contributed by atoms with Crippen LogP contribution < -0.4 is 4.74 Å². The Morgan fingerprint density at radius 2 is 2.04 bits per heavy atom. The van der Waals surface area contributed by atoms with Gasteiger partial charge in [-0.05, 0) is 50.3 Å². The number of ether oxygens (including phenoxy) is 1. The second-order valence-electron chi connectivity index (χ2n) is 6.36. The SMILES string of the molecule is COc1cc(CC(O)C(=O)C[C@H](C)CCC=C(C)C)ccc1O. The van der Waals surface area contributed by atoms with E-state index in [-0.39, 0.29) is 23.9 Å². The summed E-state index contributed by atoms with van der Waals surface area (Å²) in [6.07, 6.45) is 3.66. The second kappa shape index (κ2) is 9.36. The number of methoxy groups -OCH3 is 1. The highest BCUT2D eigenvalue weighted by Gasteiger charge is 2.18. The molecule has 0 bridgehead atoms. The molecule has 2 N–H and O–H groups in total. The molecule has 0 spiro atoms. The summed E-state index contributed by atoms with van der Waals surface area (Å²) in [5, 5.41) is 19.7. The Labute approximate surface area is 138 Å². The molecule has 0 aromatic heterocycles. The topological polar surface area (TPSA) is 66.8 Å². The van der Waals surface area contributed by atoms with Gasteiger partial charge < -0.3 is 14.9 Å². The molecule has 2 atom stereocenters. The van der Waals surface area contributed by atoms with Crippen molar-refractivity contribution in [3.8, 4) is 11.5 Å². The van der Waals surface area contributed by atoms with E-state index < -0.39 is 6.10 Å². The Bertz CT molecular complexity index is 544. The van der Waals surface area contributed by atoms with E-state index >= 15 is 0 Å². The molecule has 0 fully saturated rings. The number of ketones is 1. The molecule has 128 valence electrons. The van der Waals surface area contributed by atoms with Crippen LogP contribution in [0, 0.1) is 5.92 Å². The van der Waals surface area contributed by atoms with Gasteiger partial charge in [-0.25, -0.2) is 0 Å². The number of allylic oxidation sites excluding steroid dienone is 2. The minimum atomic E-state index is -1.02. The van der Waals surface area contributed by atoms with Crippen LogP contribution in [0.15, 0.2) is 29.8 Å². The third-order valence-electron chi connectivity index (χ3n) is 3.81. The molecule has 4 heteroatoms. The van der Waals surface area contributed by atoms with E-state index in [0.717, 1.165) is 18.4 Å². The number of hydrogen-bond acceptors (Lipinski definition) is 4. The zero-order valence-corrected chi connectivity index (χ0v) is 14.5. The smallest absolute Gasteiger partial charge is 0.161 e. The minimum Gasteiger partial charge on any atom is -0.504 e. The van der Waals surface area contributed by atoms with Gasteiger partial charge in [-0.15, -0.1) is 0 Å². The van der Waals surface area contributed by atoms with Crippen molar-refractivity contribution in [2.75, 3.05) is 7.11 Å². The predicted octanol–water partition coefficient (Wildman–Crippen LogP) is 3.65. The van der Waals surface area contributed by atoms with E-state index in [4.69, 9.17) is 4.74 Å². The highest BCUT2D eigenvalue weighted by Crippen LogP contribution is 2.27. The molecule has 4 nitrogen and oxygen atoms in total. The van der Waals surface area contributed by atoms with Crippen LogP contribution in [-0.2, 0) is 11.2 Å². The summed E-state index contributed by atoms with van der Waals surface area (Å²) < 4.78 is 5.03. The van der Waals surface area contributed by atoms with Gasteiger partial charge in [0.15, 0.2) is 17.3 Å². The van der Waals surface area contributed by atoms with Gasteiger partial charge in [0.25, 0.3) is 0 Å². The van der Waals surface area contributed by atoms with Crippen LogP contribution in [0.25, 0.3) is 0 Å². The molecule has 0 aliphatic heterocycles. The molecule has 0 aliphatic rings. The lowest BCUT2D eigenvalue weighted by Crippen LogP contribution is -2.24. The van der Waals surface area contributed by atoms with E-state index in [1.54, 1.807) is 12.1 Å². The maximum Gasteiger partial charge on any atom is 0.161 e. The molecule has 23 heavy (non-hydrogen) atoms. The fourth-order valence-electron chi connectivity index (χ4n) is 2.42. The number of aliphatic hydroxyl groups is 1. The van der Waals surface area contributed by atoms with Crippen molar-refractivity contribution >= 4 is 5.78 Å². The Morgan fingerprint density at radius 3 is 2.65 bits per heavy atom. The van der Waals surface area contributed by atoms with Gasteiger partial charge >= 0.3 is 0 Å². The Morgan fingerprint density at radius 1 is 1.35 bits per heavy atom. The average Bonchev–Trinajstić information content (AvgIpc) is 2.48. The van der Waals surface area contributed by atoms with Crippen LogP contribution in [0.2, 0.25) is 0 Å². The third-order valence-corrected chi connectivity index (χ3v) is 3.81. The summed E-state index contributed by atoms with van der Waals surface area (Å²) in [4.78, 5) is 12.1. The molecule has 1 aromatic rings. The number of phenolic OH excluding ortho intramolecular Hbond substituents is 1. The third kappa shape index (κ3) is 6.87. The summed E-state index contributed by atoms with van der Waals surface area (Å²) in [5.74, 6) is 0.506. The van der Waals surface area contributed by atoms with Crippen LogP contribution in [0.5, 0.6) is 11.5 Å². The fourth-order valence-corrected chi connectivity index (χ4v) is 2.42. The minimum absolute atomic E-state index is 0.0463. The Kier molecular flexibility index (Phi) is 7.83. The Hall–Kier alpha value is -1.81. The van der Waals surface area contributed by atoms with Crippen LogP contribution in [0.4, 0.5) is 0 Å². The number of phenols is 1. The summed E-state index contributed by atoms with van der Waals surface area (Å²) in [5.41, 5.74) is 2.04. The highest BCUT2D eigenvalue weighted by atomic mass is 16.5. The zero-order chi connectivity index (χ0) is 17.4. The number of rotatable bonds is 9. The largest absolute Gasteiger partial charge is 0.504 e.